The molecule has 0 atom stereocenters. The molecule has 1 saturated carbocycles. The number of nitro benzene ring substituents is 1. The van der Waals surface area contributed by atoms with Crippen LogP contribution in [0.3, 0.4) is 0 Å². The summed E-state index contributed by atoms with van der Waals surface area (Å²) in [5.41, 5.74) is 3.39. The SMILES string of the molecule is O=[N+]([O-])c1cc(COCC2CC2)cc2cc(-c3ccccc3)[nH]c12. The van der Waals surface area contributed by atoms with Crippen LogP contribution in [0, 0.1) is 16.0 Å². The number of fused-ring (bicyclic) bond motifs is 1. The minimum atomic E-state index is -0.335. The van der Waals surface area contributed by atoms with Crippen molar-refractivity contribution in [3.05, 3.63) is 64.2 Å². The van der Waals surface area contributed by atoms with E-state index in [2.05, 4.69) is 4.98 Å². The molecule has 1 aliphatic rings. The quantitative estimate of drug-likeness (QED) is 0.529. The zero-order valence-electron chi connectivity index (χ0n) is 13.2. The van der Waals surface area contributed by atoms with Gasteiger partial charge in [0.05, 0.1) is 11.5 Å². The van der Waals surface area contributed by atoms with Crippen molar-refractivity contribution < 1.29 is 9.66 Å². The van der Waals surface area contributed by atoms with Crippen LogP contribution in [0.2, 0.25) is 0 Å². The van der Waals surface area contributed by atoms with Crippen LogP contribution in [0.15, 0.2) is 48.5 Å². The van der Waals surface area contributed by atoms with E-state index in [4.69, 9.17) is 4.74 Å². The second kappa shape index (κ2) is 6.09. The van der Waals surface area contributed by atoms with E-state index in [1.54, 1.807) is 6.07 Å². The highest BCUT2D eigenvalue weighted by atomic mass is 16.6. The molecule has 0 saturated heterocycles. The van der Waals surface area contributed by atoms with Gasteiger partial charge in [-0.05, 0) is 42.0 Å². The second-order valence-electron chi connectivity index (χ2n) is 6.34. The van der Waals surface area contributed by atoms with Crippen molar-refractivity contribution in [2.45, 2.75) is 19.4 Å². The number of non-ortho nitro benzene ring substituents is 1. The Bertz CT molecular complexity index is 882. The summed E-state index contributed by atoms with van der Waals surface area (Å²) in [6, 6.07) is 15.4. The first kappa shape index (κ1) is 14.9. The Morgan fingerprint density at radius 3 is 2.67 bits per heavy atom. The van der Waals surface area contributed by atoms with Crippen molar-refractivity contribution in [1.29, 1.82) is 0 Å². The molecular formula is C19H18N2O3. The highest BCUT2D eigenvalue weighted by Crippen LogP contribution is 2.32. The van der Waals surface area contributed by atoms with Gasteiger partial charge in [-0.1, -0.05) is 30.3 Å². The molecule has 0 spiro atoms. The predicted molar refractivity (Wildman–Crippen MR) is 92.8 cm³/mol. The summed E-state index contributed by atoms with van der Waals surface area (Å²) in [4.78, 5) is 14.3. The minimum absolute atomic E-state index is 0.0969. The molecule has 3 aromatic rings. The van der Waals surface area contributed by atoms with Crippen LogP contribution in [0.4, 0.5) is 5.69 Å². The third-order valence-corrected chi connectivity index (χ3v) is 4.37. The van der Waals surface area contributed by atoms with Crippen LogP contribution in [0.25, 0.3) is 22.2 Å². The number of hydrogen-bond acceptors (Lipinski definition) is 3. The summed E-state index contributed by atoms with van der Waals surface area (Å²) >= 11 is 0. The van der Waals surface area contributed by atoms with Crippen molar-refractivity contribution in [1.82, 2.24) is 4.98 Å². The van der Waals surface area contributed by atoms with Crippen molar-refractivity contribution in [2.75, 3.05) is 6.61 Å². The second-order valence-corrected chi connectivity index (χ2v) is 6.34. The number of rotatable bonds is 6. The Hall–Kier alpha value is -2.66. The Morgan fingerprint density at radius 2 is 1.96 bits per heavy atom. The van der Waals surface area contributed by atoms with E-state index >= 15 is 0 Å². The lowest BCUT2D eigenvalue weighted by atomic mass is 10.1. The van der Waals surface area contributed by atoms with E-state index in [1.165, 1.54) is 12.8 Å². The average Bonchev–Trinajstić information content (AvgIpc) is 3.31. The number of H-pyrrole nitrogens is 1. The third-order valence-electron chi connectivity index (χ3n) is 4.37. The maximum atomic E-state index is 11.4. The van der Waals surface area contributed by atoms with E-state index in [-0.39, 0.29) is 10.6 Å². The molecule has 1 aliphatic carbocycles. The van der Waals surface area contributed by atoms with Crippen molar-refractivity contribution >= 4 is 16.6 Å². The van der Waals surface area contributed by atoms with Gasteiger partial charge in [0.1, 0.15) is 5.52 Å². The predicted octanol–water partition coefficient (Wildman–Crippen LogP) is 4.67. The van der Waals surface area contributed by atoms with Crippen molar-refractivity contribution in [3.8, 4) is 11.3 Å². The molecule has 1 aromatic heterocycles. The first-order valence-corrected chi connectivity index (χ1v) is 8.14. The smallest absolute Gasteiger partial charge is 0.293 e. The zero-order valence-corrected chi connectivity index (χ0v) is 13.2. The fourth-order valence-corrected chi connectivity index (χ4v) is 2.91. The summed E-state index contributed by atoms with van der Waals surface area (Å²) in [5.74, 6) is 0.681. The molecule has 1 fully saturated rings. The van der Waals surface area contributed by atoms with E-state index in [0.717, 1.165) is 28.8 Å². The average molecular weight is 322 g/mol. The van der Waals surface area contributed by atoms with E-state index in [9.17, 15) is 10.1 Å². The molecule has 0 aliphatic heterocycles. The molecule has 0 unspecified atom stereocenters. The van der Waals surface area contributed by atoms with Gasteiger partial charge in [0.25, 0.3) is 5.69 Å². The van der Waals surface area contributed by atoms with Crippen LogP contribution in [0.1, 0.15) is 18.4 Å². The molecule has 0 radical (unpaired) electrons. The molecule has 5 nitrogen and oxygen atoms in total. The standard InChI is InChI=1S/C19H18N2O3/c22-21(23)18-9-14(12-24-11-13-6-7-13)8-16-10-17(20-19(16)18)15-4-2-1-3-5-15/h1-5,8-10,13,20H,6-7,11-12H2. The molecule has 5 heteroatoms. The van der Waals surface area contributed by atoms with E-state index < -0.39 is 0 Å². The van der Waals surface area contributed by atoms with Gasteiger partial charge in [-0.2, -0.15) is 0 Å². The maximum Gasteiger partial charge on any atom is 0.293 e. The molecule has 1 N–H and O–H groups in total. The van der Waals surface area contributed by atoms with Crippen LogP contribution < -0.4 is 0 Å². The van der Waals surface area contributed by atoms with Crippen molar-refractivity contribution in [2.24, 2.45) is 5.92 Å². The number of aromatic nitrogens is 1. The van der Waals surface area contributed by atoms with E-state index in [0.29, 0.717) is 18.0 Å². The number of nitrogens with zero attached hydrogens (tertiary/aromatic N) is 1. The molecule has 122 valence electrons. The van der Waals surface area contributed by atoms with Crippen LogP contribution >= 0.6 is 0 Å². The molecular weight excluding hydrogens is 304 g/mol. The third kappa shape index (κ3) is 3.03. The van der Waals surface area contributed by atoms with Gasteiger partial charge in [-0.3, -0.25) is 10.1 Å². The number of nitro groups is 1. The largest absolute Gasteiger partial charge is 0.376 e. The van der Waals surface area contributed by atoms with Crippen molar-refractivity contribution in [3.63, 3.8) is 0 Å². The number of aromatic amines is 1. The zero-order chi connectivity index (χ0) is 16.5. The fraction of sp³-hybridized carbons (Fsp3) is 0.263. The number of hydrogen-bond donors (Lipinski definition) is 1. The molecule has 0 bridgehead atoms. The fourth-order valence-electron chi connectivity index (χ4n) is 2.91. The van der Waals surface area contributed by atoms with E-state index in [1.807, 2.05) is 42.5 Å². The van der Waals surface area contributed by atoms with Crippen LogP contribution in [0.5, 0.6) is 0 Å². The molecule has 1 heterocycles. The van der Waals surface area contributed by atoms with Gasteiger partial charge < -0.3 is 9.72 Å². The normalized spacial score (nSPS) is 14.2. The summed E-state index contributed by atoms with van der Waals surface area (Å²) in [6.07, 6.45) is 2.47. The van der Waals surface area contributed by atoms with Gasteiger partial charge in [0.2, 0.25) is 0 Å². The van der Waals surface area contributed by atoms with Gasteiger partial charge in [0.15, 0.2) is 0 Å². The summed E-state index contributed by atoms with van der Waals surface area (Å²) in [7, 11) is 0. The number of nitrogens with one attached hydrogen (secondary N) is 1. The lowest BCUT2D eigenvalue weighted by Gasteiger charge is -2.04. The molecule has 24 heavy (non-hydrogen) atoms. The summed E-state index contributed by atoms with van der Waals surface area (Å²) < 4.78 is 5.69. The summed E-state index contributed by atoms with van der Waals surface area (Å²) in [6.45, 7) is 1.16. The number of ether oxygens (including phenoxy) is 1. The van der Waals surface area contributed by atoms with Gasteiger partial charge >= 0.3 is 0 Å². The molecule has 4 rings (SSSR count). The monoisotopic (exact) mass is 322 g/mol. The Balaban J connectivity index is 1.70. The Labute approximate surface area is 139 Å². The Morgan fingerprint density at radius 1 is 1.17 bits per heavy atom. The first-order valence-electron chi connectivity index (χ1n) is 8.14. The van der Waals surface area contributed by atoms with Gasteiger partial charge in [-0.25, -0.2) is 0 Å². The van der Waals surface area contributed by atoms with Crippen LogP contribution in [-0.2, 0) is 11.3 Å². The highest BCUT2D eigenvalue weighted by molar-refractivity contribution is 5.92. The number of benzene rings is 2. The van der Waals surface area contributed by atoms with Gasteiger partial charge in [-0.15, -0.1) is 0 Å². The lowest BCUT2D eigenvalue weighted by molar-refractivity contribution is -0.383. The maximum absolute atomic E-state index is 11.4. The van der Waals surface area contributed by atoms with Crippen LogP contribution in [-0.4, -0.2) is 16.5 Å². The van der Waals surface area contributed by atoms with Gasteiger partial charge in [0, 0.05) is 23.8 Å². The lowest BCUT2D eigenvalue weighted by Crippen LogP contribution is -1.98. The molecule has 2 aromatic carbocycles. The Kier molecular flexibility index (Phi) is 3.78. The topological polar surface area (TPSA) is 68.2 Å². The minimum Gasteiger partial charge on any atom is -0.376 e. The summed E-state index contributed by atoms with van der Waals surface area (Å²) in [5, 5.41) is 12.3. The first-order chi connectivity index (χ1) is 11.7. The molecule has 0 amide bonds. The highest BCUT2D eigenvalue weighted by Gasteiger charge is 2.22.